The molecular weight excluding hydrogens is 237 g/mol. The molecule has 1 aromatic rings. The molecule has 0 radical (unpaired) electrons. The molecular formula is C10H9F3N2O2. The van der Waals surface area contributed by atoms with E-state index in [9.17, 15) is 18.0 Å². The van der Waals surface area contributed by atoms with Crippen LogP contribution >= 0.6 is 0 Å². The number of halogens is 3. The van der Waals surface area contributed by atoms with Crippen LogP contribution in [0.1, 0.15) is 0 Å². The highest BCUT2D eigenvalue weighted by Gasteiger charge is 2.44. The number of esters is 1. The number of carbonyl (C=O) groups is 1. The third-order valence-electron chi connectivity index (χ3n) is 2.36. The minimum absolute atomic E-state index is 0.257. The summed E-state index contributed by atoms with van der Waals surface area (Å²) >= 11 is 0. The van der Waals surface area contributed by atoms with E-state index in [-0.39, 0.29) is 13.1 Å². The number of hydrogen-bond acceptors (Lipinski definition) is 4. The van der Waals surface area contributed by atoms with Gasteiger partial charge in [-0.05, 0) is 12.1 Å². The highest BCUT2D eigenvalue weighted by atomic mass is 19.4. The number of anilines is 1. The maximum atomic E-state index is 11.9. The second kappa shape index (κ2) is 4.23. The van der Waals surface area contributed by atoms with E-state index in [0.717, 1.165) is 5.69 Å². The predicted molar refractivity (Wildman–Crippen MR) is 52.4 cm³/mol. The largest absolute Gasteiger partial charge is 0.490 e. The highest BCUT2D eigenvalue weighted by molar-refractivity contribution is 5.76. The molecule has 0 N–H and O–H groups in total. The van der Waals surface area contributed by atoms with Crippen molar-refractivity contribution in [1.82, 2.24) is 4.98 Å². The van der Waals surface area contributed by atoms with Gasteiger partial charge in [-0.1, -0.05) is 0 Å². The Bertz CT molecular complexity index is 402. The standard InChI is InChI=1S/C10H9F3N2O2/c11-10(12,13)9(16)17-8-5-15(6-8)7-2-1-3-14-4-7/h1-4,8H,5-6H2. The predicted octanol–water partition coefficient (Wildman–Crippen LogP) is 1.38. The van der Waals surface area contributed by atoms with Crippen LogP contribution in [0.2, 0.25) is 0 Å². The van der Waals surface area contributed by atoms with Gasteiger partial charge in [0, 0.05) is 6.20 Å². The lowest BCUT2D eigenvalue weighted by atomic mass is 10.1. The van der Waals surface area contributed by atoms with E-state index in [1.165, 1.54) is 0 Å². The molecule has 0 spiro atoms. The van der Waals surface area contributed by atoms with E-state index in [4.69, 9.17) is 0 Å². The zero-order valence-electron chi connectivity index (χ0n) is 8.65. The van der Waals surface area contributed by atoms with E-state index in [1.807, 2.05) is 0 Å². The van der Waals surface area contributed by atoms with Crippen LogP contribution in [-0.4, -0.2) is 36.3 Å². The topological polar surface area (TPSA) is 42.4 Å². The van der Waals surface area contributed by atoms with Gasteiger partial charge in [0.2, 0.25) is 0 Å². The molecule has 1 aromatic heterocycles. The molecule has 2 heterocycles. The molecule has 1 aliphatic heterocycles. The maximum Gasteiger partial charge on any atom is 0.490 e. The number of nitrogens with zero attached hydrogens (tertiary/aromatic N) is 2. The van der Waals surface area contributed by atoms with E-state index < -0.39 is 18.2 Å². The van der Waals surface area contributed by atoms with Gasteiger partial charge in [0.25, 0.3) is 0 Å². The minimum Gasteiger partial charge on any atom is -0.452 e. The first-order chi connectivity index (χ1) is 7.97. The van der Waals surface area contributed by atoms with Crippen molar-refractivity contribution in [2.24, 2.45) is 0 Å². The first-order valence-corrected chi connectivity index (χ1v) is 4.89. The third-order valence-corrected chi connectivity index (χ3v) is 2.36. The maximum absolute atomic E-state index is 11.9. The van der Waals surface area contributed by atoms with Crippen LogP contribution in [0.25, 0.3) is 0 Å². The second-order valence-corrected chi connectivity index (χ2v) is 3.64. The summed E-state index contributed by atoms with van der Waals surface area (Å²) in [5.41, 5.74) is 0.798. The summed E-state index contributed by atoms with van der Waals surface area (Å²) in [6, 6.07) is 3.51. The van der Waals surface area contributed by atoms with Gasteiger partial charge in [0.1, 0.15) is 6.10 Å². The molecule has 1 aliphatic rings. The van der Waals surface area contributed by atoms with Crippen LogP contribution in [0, 0.1) is 0 Å². The van der Waals surface area contributed by atoms with Gasteiger partial charge >= 0.3 is 12.1 Å². The van der Waals surface area contributed by atoms with Crippen LogP contribution < -0.4 is 4.90 Å². The molecule has 0 aliphatic carbocycles. The molecule has 4 nitrogen and oxygen atoms in total. The van der Waals surface area contributed by atoms with Gasteiger partial charge in [0.05, 0.1) is 25.0 Å². The third kappa shape index (κ3) is 2.66. The lowest BCUT2D eigenvalue weighted by Gasteiger charge is -2.39. The zero-order valence-corrected chi connectivity index (χ0v) is 8.65. The molecule has 1 fully saturated rings. The Kier molecular flexibility index (Phi) is 2.91. The number of aromatic nitrogens is 1. The summed E-state index contributed by atoms with van der Waals surface area (Å²) in [6.07, 6.45) is -2.43. The number of hydrogen-bond donors (Lipinski definition) is 0. The molecule has 0 aromatic carbocycles. The SMILES string of the molecule is O=C(OC1CN(c2cccnc2)C1)C(F)(F)F. The molecule has 0 atom stereocenters. The van der Waals surface area contributed by atoms with Gasteiger partial charge < -0.3 is 9.64 Å². The van der Waals surface area contributed by atoms with Gasteiger partial charge in [-0.25, -0.2) is 4.79 Å². The van der Waals surface area contributed by atoms with E-state index in [1.54, 1.807) is 29.4 Å². The van der Waals surface area contributed by atoms with Crippen molar-refractivity contribution in [3.05, 3.63) is 24.5 Å². The molecule has 0 amide bonds. The van der Waals surface area contributed by atoms with Crippen LogP contribution in [0.3, 0.4) is 0 Å². The highest BCUT2D eigenvalue weighted by Crippen LogP contribution is 2.24. The van der Waals surface area contributed by atoms with Crippen molar-refractivity contribution in [2.75, 3.05) is 18.0 Å². The first-order valence-electron chi connectivity index (χ1n) is 4.89. The molecule has 7 heteroatoms. The number of ether oxygens (including phenoxy) is 1. The summed E-state index contributed by atoms with van der Waals surface area (Å²) in [5, 5.41) is 0. The van der Waals surface area contributed by atoms with E-state index >= 15 is 0 Å². The average Bonchev–Trinajstić information content (AvgIpc) is 2.22. The van der Waals surface area contributed by atoms with Crippen LogP contribution in [0.5, 0.6) is 0 Å². The molecule has 92 valence electrons. The van der Waals surface area contributed by atoms with Crippen molar-refractivity contribution in [3.63, 3.8) is 0 Å². The van der Waals surface area contributed by atoms with Crippen molar-refractivity contribution < 1.29 is 22.7 Å². The molecule has 0 unspecified atom stereocenters. The quantitative estimate of drug-likeness (QED) is 0.739. The Labute approximate surface area is 95.0 Å². The number of rotatable bonds is 2. The molecule has 1 saturated heterocycles. The Hall–Kier alpha value is -1.79. The van der Waals surface area contributed by atoms with E-state index in [0.29, 0.717) is 0 Å². The Morgan fingerprint density at radius 1 is 1.47 bits per heavy atom. The fraction of sp³-hybridized carbons (Fsp3) is 0.400. The Morgan fingerprint density at radius 2 is 2.18 bits per heavy atom. The summed E-state index contributed by atoms with van der Waals surface area (Å²) < 4.78 is 40.0. The van der Waals surface area contributed by atoms with Crippen molar-refractivity contribution in [2.45, 2.75) is 12.3 Å². The minimum atomic E-state index is -4.92. The van der Waals surface area contributed by atoms with Crippen LogP contribution in [0.4, 0.5) is 18.9 Å². The van der Waals surface area contributed by atoms with E-state index in [2.05, 4.69) is 9.72 Å². The van der Waals surface area contributed by atoms with Crippen molar-refractivity contribution in [1.29, 1.82) is 0 Å². The number of alkyl halides is 3. The van der Waals surface area contributed by atoms with Gasteiger partial charge in [0.15, 0.2) is 0 Å². The van der Waals surface area contributed by atoms with Crippen LogP contribution in [0.15, 0.2) is 24.5 Å². The summed E-state index contributed by atoms with van der Waals surface area (Å²) in [6.45, 7) is 0.515. The molecule has 0 bridgehead atoms. The zero-order chi connectivity index (χ0) is 12.5. The van der Waals surface area contributed by atoms with Crippen molar-refractivity contribution >= 4 is 11.7 Å². The second-order valence-electron chi connectivity index (χ2n) is 3.64. The summed E-state index contributed by atoms with van der Waals surface area (Å²) in [7, 11) is 0. The fourth-order valence-electron chi connectivity index (χ4n) is 1.48. The van der Waals surface area contributed by atoms with Gasteiger partial charge in [-0.15, -0.1) is 0 Å². The Balaban J connectivity index is 1.82. The van der Waals surface area contributed by atoms with Crippen LogP contribution in [-0.2, 0) is 9.53 Å². The summed E-state index contributed by atoms with van der Waals surface area (Å²) in [4.78, 5) is 16.2. The molecule has 2 rings (SSSR count). The van der Waals surface area contributed by atoms with Gasteiger partial charge in [-0.2, -0.15) is 13.2 Å². The Morgan fingerprint density at radius 3 is 2.71 bits per heavy atom. The first kappa shape index (κ1) is 11.7. The number of carbonyl (C=O) groups excluding carboxylic acids is 1. The fourth-order valence-corrected chi connectivity index (χ4v) is 1.48. The summed E-state index contributed by atoms with van der Waals surface area (Å²) in [5.74, 6) is -2.13. The monoisotopic (exact) mass is 246 g/mol. The molecule has 17 heavy (non-hydrogen) atoms. The molecule has 0 saturated carbocycles. The normalized spacial score (nSPS) is 16.5. The number of pyridine rings is 1. The average molecular weight is 246 g/mol. The van der Waals surface area contributed by atoms with Gasteiger partial charge in [-0.3, -0.25) is 4.98 Å². The smallest absolute Gasteiger partial charge is 0.452 e. The lowest BCUT2D eigenvalue weighted by molar-refractivity contribution is -0.205. The lowest BCUT2D eigenvalue weighted by Crippen LogP contribution is -2.54. The van der Waals surface area contributed by atoms with Crippen molar-refractivity contribution in [3.8, 4) is 0 Å².